The number of aliphatic hydroxyl groups is 1. The molecule has 0 radical (unpaired) electrons. The largest absolute Gasteiger partial charge is 0.387 e. The quantitative estimate of drug-likeness (QED) is 0.860. The van der Waals surface area contributed by atoms with Crippen molar-refractivity contribution in [1.82, 2.24) is 15.1 Å². The highest BCUT2D eigenvalue weighted by Gasteiger charge is 2.59. The van der Waals surface area contributed by atoms with Crippen LogP contribution in [0.15, 0.2) is 0 Å². The minimum Gasteiger partial charge on any atom is -0.387 e. The Morgan fingerprint density at radius 2 is 2.14 bits per heavy atom. The molecule has 1 aromatic heterocycles. The number of hydrogen-bond acceptors (Lipinski definition) is 4. The molecule has 1 fully saturated rings. The standard InChI is InChI=1S/C16H27N3O3/c1-7-22-12-8-16(21,15(12,4)5)9-17-14(20)13-10(2)18-19(6)11(13)3/h12,21H,7-9H2,1-6H3,(H,17,20)/t12-,16-/m0/s1. The Morgan fingerprint density at radius 1 is 1.50 bits per heavy atom. The molecule has 124 valence electrons. The fourth-order valence-corrected chi connectivity index (χ4v) is 3.18. The summed E-state index contributed by atoms with van der Waals surface area (Å²) in [6.07, 6.45) is 0.570. The third kappa shape index (κ3) is 2.54. The molecule has 2 rings (SSSR count). The summed E-state index contributed by atoms with van der Waals surface area (Å²) in [4.78, 5) is 12.4. The van der Waals surface area contributed by atoms with Crippen LogP contribution in [0.5, 0.6) is 0 Å². The molecule has 0 saturated heterocycles. The van der Waals surface area contributed by atoms with Crippen molar-refractivity contribution in [3.63, 3.8) is 0 Å². The second-order valence-corrected chi connectivity index (χ2v) is 6.75. The fourth-order valence-electron chi connectivity index (χ4n) is 3.18. The van der Waals surface area contributed by atoms with E-state index in [1.165, 1.54) is 0 Å². The number of hydrogen-bond donors (Lipinski definition) is 2. The zero-order valence-corrected chi connectivity index (χ0v) is 14.4. The Balaban J connectivity index is 2.03. The average Bonchev–Trinajstić information content (AvgIpc) is 2.69. The second-order valence-electron chi connectivity index (χ2n) is 6.75. The fraction of sp³-hybridized carbons (Fsp3) is 0.750. The van der Waals surface area contributed by atoms with E-state index in [-0.39, 0.29) is 24.0 Å². The molecule has 1 heterocycles. The smallest absolute Gasteiger partial charge is 0.255 e. The maximum absolute atomic E-state index is 12.4. The van der Waals surface area contributed by atoms with Gasteiger partial charge in [0.25, 0.3) is 5.91 Å². The van der Waals surface area contributed by atoms with Crippen molar-refractivity contribution in [3.05, 3.63) is 17.0 Å². The second kappa shape index (κ2) is 5.66. The Bertz CT molecular complexity index is 579. The van der Waals surface area contributed by atoms with Crippen LogP contribution in [0.4, 0.5) is 0 Å². The minimum absolute atomic E-state index is 0.0290. The monoisotopic (exact) mass is 309 g/mol. The van der Waals surface area contributed by atoms with Crippen molar-refractivity contribution >= 4 is 5.91 Å². The van der Waals surface area contributed by atoms with Crippen molar-refractivity contribution in [3.8, 4) is 0 Å². The zero-order valence-electron chi connectivity index (χ0n) is 14.4. The van der Waals surface area contributed by atoms with Crippen molar-refractivity contribution in [2.24, 2.45) is 12.5 Å². The van der Waals surface area contributed by atoms with Crippen LogP contribution in [0.2, 0.25) is 0 Å². The van der Waals surface area contributed by atoms with Crippen LogP contribution >= 0.6 is 0 Å². The highest BCUT2D eigenvalue weighted by atomic mass is 16.5. The summed E-state index contributed by atoms with van der Waals surface area (Å²) in [7, 11) is 1.81. The Morgan fingerprint density at radius 3 is 2.59 bits per heavy atom. The van der Waals surface area contributed by atoms with Crippen molar-refractivity contribution in [2.45, 2.75) is 52.7 Å². The van der Waals surface area contributed by atoms with E-state index >= 15 is 0 Å². The van der Waals surface area contributed by atoms with Gasteiger partial charge in [-0.1, -0.05) is 13.8 Å². The molecule has 22 heavy (non-hydrogen) atoms. The number of aromatic nitrogens is 2. The summed E-state index contributed by atoms with van der Waals surface area (Å²) in [6, 6.07) is 0. The van der Waals surface area contributed by atoms with E-state index < -0.39 is 5.60 Å². The first kappa shape index (κ1) is 17.0. The molecule has 0 bridgehead atoms. The van der Waals surface area contributed by atoms with Gasteiger partial charge in [-0.2, -0.15) is 5.10 Å². The summed E-state index contributed by atoms with van der Waals surface area (Å²) >= 11 is 0. The molecule has 0 aromatic carbocycles. The number of ether oxygens (including phenoxy) is 1. The van der Waals surface area contributed by atoms with Crippen molar-refractivity contribution in [2.75, 3.05) is 13.2 Å². The van der Waals surface area contributed by atoms with Gasteiger partial charge in [-0.3, -0.25) is 9.48 Å². The lowest BCUT2D eigenvalue weighted by Crippen LogP contribution is -2.68. The molecule has 0 unspecified atom stereocenters. The molecule has 1 amide bonds. The maximum Gasteiger partial charge on any atom is 0.255 e. The Kier molecular flexibility index (Phi) is 4.37. The molecule has 0 aliphatic heterocycles. The van der Waals surface area contributed by atoms with Gasteiger partial charge in [-0.15, -0.1) is 0 Å². The van der Waals surface area contributed by atoms with Gasteiger partial charge in [0, 0.05) is 37.7 Å². The highest BCUT2D eigenvalue weighted by Crippen LogP contribution is 2.50. The van der Waals surface area contributed by atoms with E-state index in [1.807, 2.05) is 41.7 Å². The predicted octanol–water partition coefficient (Wildman–Crippen LogP) is 1.33. The van der Waals surface area contributed by atoms with Gasteiger partial charge in [0.05, 0.1) is 23.0 Å². The van der Waals surface area contributed by atoms with E-state index in [2.05, 4.69) is 10.4 Å². The first-order valence-electron chi connectivity index (χ1n) is 7.76. The average molecular weight is 309 g/mol. The number of nitrogens with one attached hydrogen (secondary N) is 1. The molecule has 1 aliphatic rings. The van der Waals surface area contributed by atoms with E-state index in [1.54, 1.807) is 4.68 Å². The molecule has 6 heteroatoms. The Labute approximate surface area is 131 Å². The normalized spacial score (nSPS) is 26.6. The van der Waals surface area contributed by atoms with Gasteiger partial charge < -0.3 is 15.2 Å². The molecule has 2 N–H and O–H groups in total. The lowest BCUT2D eigenvalue weighted by atomic mass is 9.56. The molecule has 1 aliphatic carbocycles. The summed E-state index contributed by atoms with van der Waals surface area (Å²) in [5.41, 5.74) is 0.790. The van der Waals surface area contributed by atoms with Crippen LogP contribution in [0.3, 0.4) is 0 Å². The zero-order chi connectivity index (χ0) is 16.7. The number of carbonyl (C=O) groups is 1. The van der Waals surface area contributed by atoms with Gasteiger partial charge in [-0.05, 0) is 20.8 Å². The third-order valence-electron chi connectivity index (χ3n) is 5.17. The number of aryl methyl sites for hydroxylation is 2. The van der Waals surface area contributed by atoms with Gasteiger partial charge in [0.1, 0.15) is 0 Å². The van der Waals surface area contributed by atoms with Crippen LogP contribution in [-0.4, -0.2) is 45.7 Å². The topological polar surface area (TPSA) is 76.4 Å². The van der Waals surface area contributed by atoms with Crippen LogP contribution in [0, 0.1) is 19.3 Å². The lowest BCUT2D eigenvalue weighted by Gasteiger charge is -2.57. The van der Waals surface area contributed by atoms with Crippen molar-refractivity contribution < 1.29 is 14.6 Å². The first-order chi connectivity index (χ1) is 10.1. The molecule has 2 atom stereocenters. The van der Waals surface area contributed by atoms with Crippen LogP contribution in [0.1, 0.15) is 48.9 Å². The van der Waals surface area contributed by atoms with Crippen molar-refractivity contribution in [1.29, 1.82) is 0 Å². The SMILES string of the molecule is CCO[C@H]1C[C@](O)(CNC(=O)c2c(C)nn(C)c2C)C1(C)C. The third-order valence-corrected chi connectivity index (χ3v) is 5.17. The van der Waals surface area contributed by atoms with E-state index in [0.717, 1.165) is 5.69 Å². The predicted molar refractivity (Wildman–Crippen MR) is 83.8 cm³/mol. The van der Waals surface area contributed by atoms with Crippen LogP contribution in [-0.2, 0) is 11.8 Å². The highest BCUT2D eigenvalue weighted by molar-refractivity contribution is 5.96. The lowest BCUT2D eigenvalue weighted by molar-refractivity contribution is -0.237. The summed E-state index contributed by atoms with van der Waals surface area (Å²) < 4.78 is 7.33. The molecule has 6 nitrogen and oxygen atoms in total. The van der Waals surface area contributed by atoms with Gasteiger partial charge in [-0.25, -0.2) is 0 Å². The number of rotatable bonds is 5. The number of nitrogens with zero attached hydrogens (tertiary/aromatic N) is 2. The summed E-state index contributed by atoms with van der Waals surface area (Å²) in [5.74, 6) is -0.188. The van der Waals surface area contributed by atoms with Crippen LogP contribution < -0.4 is 5.32 Å². The summed E-state index contributed by atoms with van der Waals surface area (Å²) in [5, 5.41) is 17.9. The van der Waals surface area contributed by atoms with E-state index in [4.69, 9.17) is 4.74 Å². The maximum atomic E-state index is 12.4. The van der Waals surface area contributed by atoms with E-state index in [0.29, 0.717) is 24.3 Å². The molecule has 1 aromatic rings. The van der Waals surface area contributed by atoms with Gasteiger partial charge in [0.15, 0.2) is 0 Å². The molecule has 1 saturated carbocycles. The summed E-state index contributed by atoms with van der Waals surface area (Å²) in [6.45, 7) is 10.4. The minimum atomic E-state index is -0.938. The first-order valence-corrected chi connectivity index (χ1v) is 7.76. The van der Waals surface area contributed by atoms with Crippen LogP contribution in [0.25, 0.3) is 0 Å². The molecular formula is C16H27N3O3. The molecule has 0 spiro atoms. The van der Waals surface area contributed by atoms with Gasteiger partial charge in [0.2, 0.25) is 0 Å². The Hall–Kier alpha value is -1.40. The number of carbonyl (C=O) groups excluding carboxylic acids is 1. The molecular weight excluding hydrogens is 282 g/mol. The van der Waals surface area contributed by atoms with E-state index in [9.17, 15) is 9.90 Å². The van der Waals surface area contributed by atoms with Gasteiger partial charge >= 0.3 is 0 Å². The number of amides is 1.